The van der Waals surface area contributed by atoms with Crippen LogP contribution >= 0.6 is 0 Å². The summed E-state index contributed by atoms with van der Waals surface area (Å²) in [6.07, 6.45) is 3.19. The molecule has 2 rings (SSSR count). The quantitative estimate of drug-likeness (QED) is 0.658. The first-order valence-corrected chi connectivity index (χ1v) is 6.40. The third-order valence-electron chi connectivity index (χ3n) is 2.91. The zero-order valence-electron chi connectivity index (χ0n) is 11.6. The van der Waals surface area contributed by atoms with Crippen molar-refractivity contribution in [1.82, 2.24) is 0 Å². The average Bonchev–Trinajstić information content (AvgIpc) is 2.42. The van der Waals surface area contributed by atoms with E-state index in [-0.39, 0.29) is 11.7 Å². The van der Waals surface area contributed by atoms with E-state index in [1.165, 1.54) is 11.6 Å². The highest BCUT2D eigenvalue weighted by molar-refractivity contribution is 6.02. The number of carbonyl (C=O) groups excluding carboxylic acids is 1. The first-order chi connectivity index (χ1) is 9.54. The molecule has 2 aromatic rings. The first-order valence-electron chi connectivity index (χ1n) is 6.40. The van der Waals surface area contributed by atoms with E-state index < -0.39 is 0 Å². The van der Waals surface area contributed by atoms with Crippen LogP contribution in [0.15, 0.2) is 48.5 Å². The Kier molecular flexibility index (Phi) is 4.20. The number of rotatable bonds is 3. The molecule has 0 fully saturated rings. The number of nitrogens with one attached hydrogen (secondary N) is 1. The maximum absolute atomic E-state index is 11.8. The standard InChI is InChI=1S/C17H17NO2/c1-12-3-6-14(7-4-12)8-10-17(20)18-15-11-13(2)5-9-16(15)19/h3-11,19H,1-2H3,(H,18,20)/b10-8+. The van der Waals surface area contributed by atoms with E-state index in [1.807, 2.05) is 38.1 Å². The fourth-order valence-corrected chi connectivity index (χ4v) is 1.77. The summed E-state index contributed by atoms with van der Waals surface area (Å²) in [4.78, 5) is 11.8. The number of anilines is 1. The molecule has 0 saturated heterocycles. The molecule has 0 spiro atoms. The van der Waals surface area contributed by atoms with Crippen LogP contribution in [0.5, 0.6) is 5.75 Å². The van der Waals surface area contributed by atoms with Gasteiger partial charge in [-0.25, -0.2) is 0 Å². The first kappa shape index (κ1) is 13.9. The Balaban J connectivity index is 2.05. The van der Waals surface area contributed by atoms with Crippen molar-refractivity contribution < 1.29 is 9.90 Å². The van der Waals surface area contributed by atoms with Crippen molar-refractivity contribution in [1.29, 1.82) is 0 Å². The highest BCUT2D eigenvalue weighted by atomic mass is 16.3. The van der Waals surface area contributed by atoms with Gasteiger partial charge in [-0.2, -0.15) is 0 Å². The van der Waals surface area contributed by atoms with Gasteiger partial charge in [-0.3, -0.25) is 4.79 Å². The number of hydrogen-bond acceptors (Lipinski definition) is 2. The molecule has 0 aliphatic rings. The zero-order valence-corrected chi connectivity index (χ0v) is 11.6. The highest BCUT2D eigenvalue weighted by Gasteiger charge is 2.03. The Morgan fingerprint density at radius 3 is 2.40 bits per heavy atom. The van der Waals surface area contributed by atoms with Gasteiger partial charge in [-0.05, 0) is 43.2 Å². The molecule has 1 amide bonds. The van der Waals surface area contributed by atoms with Crippen molar-refractivity contribution in [2.45, 2.75) is 13.8 Å². The molecule has 0 radical (unpaired) electrons. The molecule has 102 valence electrons. The Morgan fingerprint density at radius 2 is 1.70 bits per heavy atom. The van der Waals surface area contributed by atoms with Gasteiger partial charge in [0.2, 0.25) is 5.91 Å². The van der Waals surface area contributed by atoms with E-state index in [2.05, 4.69) is 5.32 Å². The van der Waals surface area contributed by atoms with Crippen LogP contribution in [-0.2, 0) is 4.79 Å². The lowest BCUT2D eigenvalue weighted by atomic mass is 10.1. The van der Waals surface area contributed by atoms with Crippen LogP contribution in [0.25, 0.3) is 6.08 Å². The summed E-state index contributed by atoms with van der Waals surface area (Å²) < 4.78 is 0. The molecule has 0 aliphatic carbocycles. The van der Waals surface area contributed by atoms with Gasteiger partial charge >= 0.3 is 0 Å². The van der Waals surface area contributed by atoms with Crippen molar-refractivity contribution in [3.05, 3.63) is 65.2 Å². The second kappa shape index (κ2) is 6.06. The summed E-state index contributed by atoms with van der Waals surface area (Å²) in [5.41, 5.74) is 3.53. The van der Waals surface area contributed by atoms with Gasteiger partial charge in [-0.15, -0.1) is 0 Å². The SMILES string of the molecule is Cc1ccc(/C=C/C(=O)Nc2cc(C)ccc2O)cc1. The minimum Gasteiger partial charge on any atom is -0.506 e. The third kappa shape index (κ3) is 3.72. The van der Waals surface area contributed by atoms with E-state index in [0.717, 1.165) is 11.1 Å². The molecule has 3 nitrogen and oxygen atoms in total. The van der Waals surface area contributed by atoms with E-state index in [0.29, 0.717) is 5.69 Å². The van der Waals surface area contributed by atoms with Crippen LogP contribution in [0.3, 0.4) is 0 Å². The minimum absolute atomic E-state index is 0.0627. The van der Waals surface area contributed by atoms with Gasteiger partial charge < -0.3 is 10.4 Å². The number of aryl methyl sites for hydroxylation is 2. The summed E-state index contributed by atoms with van der Waals surface area (Å²) in [5.74, 6) is -0.209. The predicted molar refractivity (Wildman–Crippen MR) is 81.7 cm³/mol. The Hall–Kier alpha value is -2.55. The van der Waals surface area contributed by atoms with Crippen LogP contribution in [0.4, 0.5) is 5.69 Å². The Labute approximate surface area is 118 Å². The van der Waals surface area contributed by atoms with Gasteiger partial charge in [0, 0.05) is 6.08 Å². The van der Waals surface area contributed by atoms with Crippen LogP contribution < -0.4 is 5.32 Å². The number of phenols is 1. The molecular formula is C17H17NO2. The molecule has 0 saturated carbocycles. The molecule has 3 heteroatoms. The Bertz CT molecular complexity index is 643. The maximum atomic E-state index is 11.8. The molecule has 0 bridgehead atoms. The second-order valence-corrected chi connectivity index (χ2v) is 4.75. The van der Waals surface area contributed by atoms with Crippen LogP contribution in [-0.4, -0.2) is 11.0 Å². The molecule has 20 heavy (non-hydrogen) atoms. The van der Waals surface area contributed by atoms with Gasteiger partial charge in [-0.1, -0.05) is 35.9 Å². The van der Waals surface area contributed by atoms with Crippen LogP contribution in [0.2, 0.25) is 0 Å². The molecule has 0 aromatic heterocycles. The monoisotopic (exact) mass is 267 g/mol. The molecule has 0 heterocycles. The molecule has 2 N–H and O–H groups in total. The Morgan fingerprint density at radius 1 is 1.05 bits per heavy atom. The fourth-order valence-electron chi connectivity index (χ4n) is 1.77. The number of benzene rings is 2. The van der Waals surface area contributed by atoms with Gasteiger partial charge in [0.25, 0.3) is 0 Å². The molecule has 2 aromatic carbocycles. The molecule has 0 unspecified atom stereocenters. The fraction of sp³-hybridized carbons (Fsp3) is 0.118. The average molecular weight is 267 g/mol. The van der Waals surface area contributed by atoms with E-state index >= 15 is 0 Å². The van der Waals surface area contributed by atoms with Gasteiger partial charge in [0.15, 0.2) is 0 Å². The summed E-state index contributed by atoms with van der Waals surface area (Å²) in [6, 6.07) is 13.0. The highest BCUT2D eigenvalue weighted by Crippen LogP contribution is 2.23. The number of aromatic hydroxyl groups is 1. The number of amides is 1. The van der Waals surface area contributed by atoms with E-state index in [4.69, 9.17) is 0 Å². The second-order valence-electron chi connectivity index (χ2n) is 4.75. The van der Waals surface area contributed by atoms with E-state index in [1.54, 1.807) is 24.3 Å². The summed E-state index contributed by atoms with van der Waals surface area (Å²) >= 11 is 0. The van der Waals surface area contributed by atoms with Crippen molar-refractivity contribution in [2.24, 2.45) is 0 Å². The maximum Gasteiger partial charge on any atom is 0.248 e. The molecular weight excluding hydrogens is 250 g/mol. The predicted octanol–water partition coefficient (Wildman–Crippen LogP) is 3.66. The summed E-state index contributed by atoms with van der Waals surface area (Å²) in [7, 11) is 0. The summed E-state index contributed by atoms with van der Waals surface area (Å²) in [6.45, 7) is 3.91. The van der Waals surface area contributed by atoms with Crippen molar-refractivity contribution in [3.63, 3.8) is 0 Å². The topological polar surface area (TPSA) is 49.3 Å². The zero-order chi connectivity index (χ0) is 14.5. The number of phenolic OH excluding ortho intramolecular Hbond substituents is 1. The van der Waals surface area contributed by atoms with Crippen molar-refractivity contribution >= 4 is 17.7 Å². The van der Waals surface area contributed by atoms with Crippen LogP contribution in [0.1, 0.15) is 16.7 Å². The lowest BCUT2D eigenvalue weighted by Gasteiger charge is -2.05. The third-order valence-corrected chi connectivity index (χ3v) is 2.91. The van der Waals surface area contributed by atoms with Crippen molar-refractivity contribution in [2.75, 3.05) is 5.32 Å². The normalized spacial score (nSPS) is 10.7. The smallest absolute Gasteiger partial charge is 0.248 e. The number of carbonyl (C=O) groups is 1. The molecule has 0 atom stereocenters. The van der Waals surface area contributed by atoms with Crippen LogP contribution in [0, 0.1) is 13.8 Å². The van der Waals surface area contributed by atoms with E-state index in [9.17, 15) is 9.90 Å². The lowest BCUT2D eigenvalue weighted by Crippen LogP contribution is -2.08. The molecule has 0 aliphatic heterocycles. The summed E-state index contributed by atoms with van der Waals surface area (Å²) in [5, 5.41) is 12.3. The minimum atomic E-state index is -0.272. The lowest BCUT2D eigenvalue weighted by molar-refractivity contribution is -0.111. The number of hydrogen-bond donors (Lipinski definition) is 2. The van der Waals surface area contributed by atoms with Crippen molar-refractivity contribution in [3.8, 4) is 5.75 Å². The van der Waals surface area contributed by atoms with Gasteiger partial charge in [0.05, 0.1) is 5.69 Å². The largest absolute Gasteiger partial charge is 0.506 e. The van der Waals surface area contributed by atoms with Gasteiger partial charge in [0.1, 0.15) is 5.75 Å².